The standard InChI is InChI=1S/C6H8O7.P/c7-3(8)1-6(13,5(11)12)2-4(9)10;/h13H,1-2H2,(H,7,8)(H,9,10)(H,11,12);/q;+3/p-3. The van der Waals surface area contributed by atoms with Crippen LogP contribution in [0.3, 0.4) is 0 Å². The van der Waals surface area contributed by atoms with Crippen molar-refractivity contribution in [1.82, 2.24) is 0 Å². The Balaban J connectivity index is 0. The summed E-state index contributed by atoms with van der Waals surface area (Å²) in [6.07, 6.45) is -2.72. The first-order valence-corrected chi connectivity index (χ1v) is 3.11. The van der Waals surface area contributed by atoms with Gasteiger partial charge in [0.05, 0.1) is 5.97 Å². The maximum atomic E-state index is 10.1. The van der Waals surface area contributed by atoms with Gasteiger partial charge in [0.2, 0.25) is 0 Å². The molecule has 0 aromatic rings. The number of rotatable bonds is 5. The molecule has 2 radical (unpaired) electrons. The molecular formula is C6H5O7P. The van der Waals surface area contributed by atoms with Gasteiger partial charge in [-0.1, -0.05) is 0 Å². The van der Waals surface area contributed by atoms with Gasteiger partial charge >= 0.3 is 9.90 Å². The van der Waals surface area contributed by atoms with Crippen LogP contribution >= 0.6 is 9.90 Å². The molecule has 0 fully saturated rings. The monoisotopic (exact) mass is 220 g/mol. The quantitative estimate of drug-likeness (QED) is 0.461. The fourth-order valence-electron chi connectivity index (χ4n) is 0.684. The van der Waals surface area contributed by atoms with Crippen LogP contribution in [0.1, 0.15) is 12.8 Å². The molecule has 0 saturated heterocycles. The zero-order valence-corrected chi connectivity index (χ0v) is 7.65. The average Bonchev–Trinajstić information content (AvgIpc) is 1.82. The number of hydrogen-bond donors (Lipinski definition) is 1. The van der Waals surface area contributed by atoms with E-state index in [2.05, 4.69) is 0 Å². The van der Waals surface area contributed by atoms with Crippen LogP contribution in [0.25, 0.3) is 0 Å². The minimum absolute atomic E-state index is 0. The molecule has 0 bridgehead atoms. The van der Waals surface area contributed by atoms with Crippen molar-refractivity contribution in [1.29, 1.82) is 0 Å². The number of aliphatic carboxylic acids is 3. The van der Waals surface area contributed by atoms with Gasteiger partial charge in [0, 0.05) is 24.8 Å². The number of aliphatic hydroxyl groups is 1. The van der Waals surface area contributed by atoms with Gasteiger partial charge in [0.1, 0.15) is 5.60 Å². The fourth-order valence-corrected chi connectivity index (χ4v) is 0.684. The Morgan fingerprint density at radius 2 is 1.29 bits per heavy atom. The fraction of sp³-hybridized carbons (Fsp3) is 0.500. The van der Waals surface area contributed by atoms with Crippen LogP contribution < -0.4 is 15.3 Å². The molecule has 0 aliphatic rings. The molecule has 0 aromatic carbocycles. The summed E-state index contributed by atoms with van der Waals surface area (Å²) in [6, 6.07) is 0. The van der Waals surface area contributed by atoms with E-state index in [1.165, 1.54) is 0 Å². The predicted octanol–water partition coefficient (Wildman–Crippen LogP) is -4.39. The van der Waals surface area contributed by atoms with E-state index >= 15 is 0 Å². The topological polar surface area (TPSA) is 141 Å². The average molecular weight is 220 g/mol. The summed E-state index contributed by atoms with van der Waals surface area (Å²) in [4.78, 5) is 30.0. The Bertz CT molecular complexity index is 233. The number of carbonyl (C=O) groups is 3. The summed E-state index contributed by atoms with van der Waals surface area (Å²) < 4.78 is 0. The second kappa shape index (κ2) is 5.51. The third-order valence-electron chi connectivity index (χ3n) is 1.25. The number of hydrogen-bond acceptors (Lipinski definition) is 7. The minimum atomic E-state index is -2.97. The number of carboxylic acid groups (broad SMARTS) is 3. The molecule has 0 atom stereocenters. The van der Waals surface area contributed by atoms with Gasteiger partial charge in [0.25, 0.3) is 0 Å². The van der Waals surface area contributed by atoms with Crippen LogP contribution in [0.2, 0.25) is 0 Å². The third kappa shape index (κ3) is 4.74. The summed E-state index contributed by atoms with van der Waals surface area (Å²) in [7, 11) is 0. The molecule has 0 aromatic heterocycles. The molecule has 0 spiro atoms. The van der Waals surface area contributed by atoms with Gasteiger partial charge in [-0.05, 0) is 0 Å². The Hall–Kier alpha value is -1.20. The van der Waals surface area contributed by atoms with Crippen LogP contribution in [0.5, 0.6) is 0 Å². The zero-order valence-electron chi connectivity index (χ0n) is 6.76. The van der Waals surface area contributed by atoms with Gasteiger partial charge in [-0.15, -0.1) is 0 Å². The third-order valence-corrected chi connectivity index (χ3v) is 1.25. The molecule has 76 valence electrons. The number of carbonyl (C=O) groups excluding carboxylic acids is 3. The SMILES string of the molecule is O=C([O-])CC(O)(CC(=O)[O-])C(=O)[O-].[P+3]. The molecule has 0 rings (SSSR count). The van der Waals surface area contributed by atoms with Gasteiger partial charge in [-0.25, -0.2) is 0 Å². The van der Waals surface area contributed by atoms with Gasteiger partial charge < -0.3 is 34.8 Å². The molecule has 0 amide bonds. The van der Waals surface area contributed by atoms with E-state index in [-0.39, 0.29) is 9.90 Å². The second-order valence-electron chi connectivity index (χ2n) is 2.42. The van der Waals surface area contributed by atoms with Gasteiger partial charge in [-0.2, -0.15) is 0 Å². The number of carboxylic acids is 3. The Kier molecular flexibility index (Phi) is 6.02. The molecule has 0 unspecified atom stereocenters. The largest absolute Gasteiger partial charge is 3.00 e. The van der Waals surface area contributed by atoms with Crippen LogP contribution in [-0.4, -0.2) is 28.6 Å². The van der Waals surface area contributed by atoms with E-state index in [0.717, 1.165) is 0 Å². The first-order chi connectivity index (χ1) is 5.78. The van der Waals surface area contributed by atoms with E-state index in [9.17, 15) is 29.7 Å². The minimum Gasteiger partial charge on any atom is -0.550 e. The van der Waals surface area contributed by atoms with Crippen molar-refractivity contribution in [2.45, 2.75) is 18.4 Å². The molecule has 0 aliphatic carbocycles. The van der Waals surface area contributed by atoms with Crippen LogP contribution in [0, 0.1) is 0 Å². The summed E-state index contributed by atoms with van der Waals surface area (Å²) in [5.41, 5.74) is -2.97. The summed E-state index contributed by atoms with van der Waals surface area (Å²) in [5, 5.41) is 38.9. The van der Waals surface area contributed by atoms with E-state index in [4.69, 9.17) is 5.11 Å². The van der Waals surface area contributed by atoms with E-state index in [0.29, 0.717) is 0 Å². The molecule has 0 saturated carbocycles. The van der Waals surface area contributed by atoms with Crippen LogP contribution in [0.4, 0.5) is 0 Å². The van der Waals surface area contributed by atoms with Crippen molar-refractivity contribution in [2.24, 2.45) is 0 Å². The normalized spacial score (nSPS) is 10.1. The maximum Gasteiger partial charge on any atom is 3.00 e. The molecule has 1 N–H and O–H groups in total. The van der Waals surface area contributed by atoms with Crippen molar-refractivity contribution in [3.8, 4) is 0 Å². The Labute approximate surface area is 82.0 Å². The molecule has 0 aliphatic heterocycles. The molecule has 8 heteroatoms. The van der Waals surface area contributed by atoms with E-state index in [1.807, 2.05) is 0 Å². The smallest absolute Gasteiger partial charge is 0.550 e. The zero-order chi connectivity index (χ0) is 10.6. The van der Waals surface area contributed by atoms with Crippen molar-refractivity contribution < 1.29 is 34.8 Å². The summed E-state index contributed by atoms with van der Waals surface area (Å²) in [5.74, 6) is -5.98. The molecule has 14 heavy (non-hydrogen) atoms. The van der Waals surface area contributed by atoms with Crippen LogP contribution in [-0.2, 0) is 14.4 Å². The van der Waals surface area contributed by atoms with Crippen molar-refractivity contribution in [3.63, 3.8) is 0 Å². The maximum absolute atomic E-state index is 10.1. The Morgan fingerprint density at radius 1 is 1.00 bits per heavy atom. The van der Waals surface area contributed by atoms with Crippen molar-refractivity contribution in [2.75, 3.05) is 0 Å². The first kappa shape index (κ1) is 15.3. The summed E-state index contributed by atoms with van der Waals surface area (Å²) in [6.45, 7) is 0. The van der Waals surface area contributed by atoms with Crippen LogP contribution in [0.15, 0.2) is 0 Å². The first-order valence-electron chi connectivity index (χ1n) is 3.11. The van der Waals surface area contributed by atoms with E-state index < -0.39 is 36.4 Å². The van der Waals surface area contributed by atoms with Crippen molar-refractivity contribution >= 4 is 27.8 Å². The Morgan fingerprint density at radius 3 is 1.43 bits per heavy atom. The predicted molar refractivity (Wildman–Crippen MR) is 36.1 cm³/mol. The molecule has 0 heterocycles. The van der Waals surface area contributed by atoms with E-state index in [1.54, 1.807) is 0 Å². The van der Waals surface area contributed by atoms with Gasteiger partial charge in [0.15, 0.2) is 0 Å². The summed E-state index contributed by atoms with van der Waals surface area (Å²) >= 11 is 0. The molecular weight excluding hydrogens is 215 g/mol. The van der Waals surface area contributed by atoms with Crippen molar-refractivity contribution in [3.05, 3.63) is 0 Å². The van der Waals surface area contributed by atoms with Gasteiger partial charge in [-0.3, -0.25) is 0 Å². The molecule has 7 nitrogen and oxygen atoms in total. The second-order valence-corrected chi connectivity index (χ2v) is 2.42.